The predicted molar refractivity (Wildman–Crippen MR) is 71.6 cm³/mol. The maximum absolute atomic E-state index is 11.6. The molecule has 0 saturated carbocycles. The number of likely N-dealkylation sites (N-methyl/N-ethyl adjacent to an activating group) is 1. The van der Waals surface area contributed by atoms with Crippen LogP contribution in [0.4, 0.5) is 4.79 Å². The van der Waals surface area contributed by atoms with Crippen molar-refractivity contribution in [2.24, 2.45) is 0 Å². The van der Waals surface area contributed by atoms with Gasteiger partial charge in [0.05, 0.1) is 0 Å². The lowest BCUT2D eigenvalue weighted by molar-refractivity contribution is -0.137. The van der Waals surface area contributed by atoms with Gasteiger partial charge in [-0.05, 0) is 19.8 Å². The van der Waals surface area contributed by atoms with Gasteiger partial charge in [0.2, 0.25) is 0 Å². The second-order valence-corrected chi connectivity index (χ2v) is 4.60. The molecule has 0 aromatic carbocycles. The summed E-state index contributed by atoms with van der Waals surface area (Å²) in [5.74, 6) is -0.746. The second-order valence-electron chi connectivity index (χ2n) is 4.60. The summed E-state index contributed by atoms with van der Waals surface area (Å²) in [6.45, 7) is 6.82. The number of carbonyl (C=O) groups is 2. The summed E-state index contributed by atoms with van der Waals surface area (Å²) in [7, 11) is 1.73. The molecule has 2 N–H and O–H groups in total. The van der Waals surface area contributed by atoms with E-state index in [9.17, 15) is 9.59 Å². The van der Waals surface area contributed by atoms with Crippen LogP contribution in [0.3, 0.4) is 0 Å². The fraction of sp³-hybridized carbons (Fsp3) is 0.692. The van der Waals surface area contributed by atoms with E-state index in [1.165, 1.54) is 0 Å². The van der Waals surface area contributed by atoms with Gasteiger partial charge < -0.3 is 15.3 Å². The van der Waals surface area contributed by atoms with E-state index in [-0.39, 0.29) is 12.5 Å². The molecular weight excluding hydrogens is 232 g/mol. The minimum absolute atomic E-state index is 0.0939. The quantitative estimate of drug-likeness (QED) is 0.491. The molecule has 5 heteroatoms. The Morgan fingerprint density at radius 2 is 1.83 bits per heavy atom. The van der Waals surface area contributed by atoms with Gasteiger partial charge >= 0.3 is 12.0 Å². The monoisotopic (exact) mass is 256 g/mol. The van der Waals surface area contributed by atoms with Crippen molar-refractivity contribution in [1.29, 1.82) is 0 Å². The van der Waals surface area contributed by atoms with Crippen molar-refractivity contribution in [3.05, 3.63) is 12.2 Å². The van der Waals surface area contributed by atoms with Crippen molar-refractivity contribution in [3.8, 4) is 0 Å². The molecule has 0 atom stereocenters. The summed E-state index contributed by atoms with van der Waals surface area (Å²) in [4.78, 5) is 23.4. The van der Waals surface area contributed by atoms with Crippen molar-refractivity contribution in [2.45, 2.75) is 39.0 Å². The standard InChI is InChI=1S/C13H24N2O3/c1-11(2)10-15(3)13(18)14-9-7-5-4-6-8-12(16)17/h1,4-10H2,2-3H3,(H,14,18)(H,16,17). The maximum atomic E-state index is 11.6. The highest BCUT2D eigenvalue weighted by molar-refractivity contribution is 5.74. The number of unbranched alkanes of at least 4 members (excludes halogenated alkanes) is 3. The Bertz CT molecular complexity index is 290. The first-order chi connectivity index (χ1) is 8.43. The van der Waals surface area contributed by atoms with Crippen LogP contribution in [-0.4, -0.2) is 42.1 Å². The van der Waals surface area contributed by atoms with E-state index < -0.39 is 5.97 Å². The third-order valence-corrected chi connectivity index (χ3v) is 2.45. The first kappa shape index (κ1) is 16.5. The molecule has 5 nitrogen and oxygen atoms in total. The van der Waals surface area contributed by atoms with Gasteiger partial charge in [0.25, 0.3) is 0 Å². The average molecular weight is 256 g/mol. The summed E-state index contributed by atoms with van der Waals surface area (Å²) >= 11 is 0. The number of amides is 2. The van der Waals surface area contributed by atoms with Crippen LogP contribution in [0.1, 0.15) is 39.0 Å². The van der Waals surface area contributed by atoms with E-state index in [4.69, 9.17) is 5.11 Å². The minimum Gasteiger partial charge on any atom is -0.481 e. The molecule has 18 heavy (non-hydrogen) atoms. The smallest absolute Gasteiger partial charge is 0.317 e. The van der Waals surface area contributed by atoms with E-state index in [0.717, 1.165) is 24.8 Å². The fourth-order valence-electron chi connectivity index (χ4n) is 1.56. The molecule has 2 amide bonds. The van der Waals surface area contributed by atoms with E-state index in [1.54, 1.807) is 11.9 Å². The lowest BCUT2D eigenvalue weighted by atomic mass is 10.1. The van der Waals surface area contributed by atoms with Gasteiger partial charge in [0.1, 0.15) is 0 Å². The first-order valence-corrected chi connectivity index (χ1v) is 6.28. The highest BCUT2D eigenvalue weighted by Crippen LogP contribution is 2.02. The van der Waals surface area contributed by atoms with Crippen molar-refractivity contribution in [2.75, 3.05) is 20.1 Å². The van der Waals surface area contributed by atoms with Crippen molar-refractivity contribution < 1.29 is 14.7 Å². The molecule has 0 unspecified atom stereocenters. The third kappa shape index (κ3) is 9.69. The van der Waals surface area contributed by atoms with Crippen LogP contribution in [0, 0.1) is 0 Å². The molecule has 0 aromatic rings. The van der Waals surface area contributed by atoms with Crippen molar-refractivity contribution in [1.82, 2.24) is 10.2 Å². The van der Waals surface area contributed by atoms with Crippen LogP contribution in [0.25, 0.3) is 0 Å². The summed E-state index contributed by atoms with van der Waals surface area (Å²) in [6, 6.07) is -0.0939. The summed E-state index contributed by atoms with van der Waals surface area (Å²) in [5.41, 5.74) is 0.946. The van der Waals surface area contributed by atoms with Gasteiger partial charge in [0.15, 0.2) is 0 Å². The lowest BCUT2D eigenvalue weighted by Gasteiger charge is -2.17. The average Bonchev–Trinajstić information content (AvgIpc) is 2.26. The Balaban J connectivity index is 3.45. The molecular formula is C13H24N2O3. The number of hydrogen-bond acceptors (Lipinski definition) is 2. The number of carboxylic acids is 1. The molecule has 0 saturated heterocycles. The number of carboxylic acid groups (broad SMARTS) is 1. The zero-order chi connectivity index (χ0) is 14.0. The molecule has 0 aliphatic rings. The van der Waals surface area contributed by atoms with E-state index in [2.05, 4.69) is 11.9 Å². The lowest BCUT2D eigenvalue weighted by Crippen LogP contribution is -2.38. The number of aliphatic carboxylic acids is 1. The van der Waals surface area contributed by atoms with Crippen LogP contribution < -0.4 is 5.32 Å². The van der Waals surface area contributed by atoms with E-state index >= 15 is 0 Å². The summed E-state index contributed by atoms with van der Waals surface area (Å²) in [6.07, 6.45) is 3.65. The summed E-state index contributed by atoms with van der Waals surface area (Å²) < 4.78 is 0. The molecule has 0 radical (unpaired) electrons. The molecule has 0 fully saturated rings. The van der Waals surface area contributed by atoms with Gasteiger partial charge in [-0.15, -0.1) is 0 Å². The zero-order valence-electron chi connectivity index (χ0n) is 11.4. The second kappa shape index (κ2) is 9.50. The van der Waals surface area contributed by atoms with Crippen molar-refractivity contribution in [3.63, 3.8) is 0 Å². The Labute approximate surface area is 109 Å². The highest BCUT2D eigenvalue weighted by Gasteiger charge is 2.06. The predicted octanol–water partition coefficient (Wildman–Crippen LogP) is 2.24. The van der Waals surface area contributed by atoms with E-state index in [0.29, 0.717) is 19.5 Å². The van der Waals surface area contributed by atoms with Crippen LogP contribution in [0.5, 0.6) is 0 Å². The van der Waals surface area contributed by atoms with Crippen LogP contribution in [-0.2, 0) is 4.79 Å². The number of carbonyl (C=O) groups excluding carboxylic acids is 1. The molecule has 0 aliphatic carbocycles. The molecule has 0 aromatic heterocycles. The van der Waals surface area contributed by atoms with Crippen LogP contribution in [0.2, 0.25) is 0 Å². The number of hydrogen-bond donors (Lipinski definition) is 2. The van der Waals surface area contributed by atoms with Gasteiger partial charge in [-0.25, -0.2) is 4.79 Å². The zero-order valence-corrected chi connectivity index (χ0v) is 11.4. The number of nitrogens with one attached hydrogen (secondary N) is 1. The van der Waals surface area contributed by atoms with Gasteiger partial charge in [-0.3, -0.25) is 4.79 Å². The third-order valence-electron chi connectivity index (χ3n) is 2.45. The number of urea groups is 1. The largest absolute Gasteiger partial charge is 0.481 e. The maximum Gasteiger partial charge on any atom is 0.317 e. The SMILES string of the molecule is C=C(C)CN(C)C(=O)NCCCCCCC(=O)O. The Morgan fingerprint density at radius 1 is 1.22 bits per heavy atom. The van der Waals surface area contributed by atoms with E-state index in [1.807, 2.05) is 6.92 Å². The number of rotatable bonds is 9. The topological polar surface area (TPSA) is 69.6 Å². The molecule has 0 heterocycles. The molecule has 0 rings (SSSR count). The van der Waals surface area contributed by atoms with Crippen LogP contribution in [0.15, 0.2) is 12.2 Å². The fourth-order valence-corrected chi connectivity index (χ4v) is 1.56. The Morgan fingerprint density at radius 3 is 2.39 bits per heavy atom. The normalized spacial score (nSPS) is 9.89. The summed E-state index contributed by atoms with van der Waals surface area (Å²) in [5, 5.41) is 11.3. The first-order valence-electron chi connectivity index (χ1n) is 6.28. The van der Waals surface area contributed by atoms with Gasteiger partial charge in [-0.2, -0.15) is 0 Å². The molecule has 0 bridgehead atoms. The minimum atomic E-state index is -0.746. The highest BCUT2D eigenvalue weighted by atomic mass is 16.4. The molecule has 0 spiro atoms. The van der Waals surface area contributed by atoms with Crippen LogP contribution >= 0.6 is 0 Å². The number of nitrogens with zero attached hydrogens (tertiary/aromatic N) is 1. The van der Waals surface area contributed by atoms with Gasteiger partial charge in [-0.1, -0.05) is 25.0 Å². The Kier molecular flexibility index (Phi) is 8.70. The Hall–Kier alpha value is -1.52. The molecule has 0 aliphatic heterocycles. The van der Waals surface area contributed by atoms with Gasteiger partial charge in [0, 0.05) is 26.6 Å². The van der Waals surface area contributed by atoms with Crippen molar-refractivity contribution >= 4 is 12.0 Å². The molecule has 104 valence electrons.